The highest BCUT2D eigenvalue weighted by molar-refractivity contribution is 7.47. The van der Waals surface area contributed by atoms with E-state index in [4.69, 9.17) is 37.0 Å². The van der Waals surface area contributed by atoms with Crippen LogP contribution in [-0.2, 0) is 65.4 Å². The first-order chi connectivity index (χ1) is 53.8. The van der Waals surface area contributed by atoms with Crippen LogP contribution in [0, 0.1) is 17.8 Å². The summed E-state index contributed by atoms with van der Waals surface area (Å²) in [5.74, 6) is 0.434. The highest BCUT2D eigenvalue weighted by Crippen LogP contribution is 2.45. The standard InChI is InChI=1S/C92H180O17P2/c1-8-11-12-13-14-15-16-38-45-52-59-66-73-89(94)102-79-87(108-92(97)76-69-62-55-48-41-34-28-27-31-37-44-51-58-65-72-85(7)10-3)81-106-110(98,99)104-77-86(93)78-105-111(100,101)107-82-88(80-103-90(95)74-67-60-53-46-39-32-25-22-21-23-29-35-42-49-56-63-70-83(4)5)109-91(96)75-68-61-54-47-40-33-26-20-18-17-19-24-30-36-43-50-57-64-71-84(6)9-2/h83-88,93H,8-82H2,1-7H3,(H,98,99)(H,100,101)/t84?,85?,86-,87+,88+/m0/s1. The SMILES string of the molecule is CCCCCCCCCCCCCCC(=O)OC[C@H](COP(=O)(O)OC[C@H](O)COP(=O)(O)OC[C@@H](COC(=O)CCCCCCCCCCCCCCCCCCC(C)C)OC(=O)CCCCCCCCCCCCCCCCCCCCC(C)CC)OC(=O)CCCCCCCCCCCCCCCCC(C)CC. The van der Waals surface area contributed by atoms with E-state index in [1.54, 1.807) is 0 Å². The predicted molar refractivity (Wildman–Crippen MR) is 460 cm³/mol. The molecule has 0 aromatic carbocycles. The summed E-state index contributed by atoms with van der Waals surface area (Å²) < 4.78 is 69.1. The van der Waals surface area contributed by atoms with E-state index in [-0.39, 0.29) is 25.7 Å². The molecule has 0 aromatic rings. The fourth-order valence-corrected chi connectivity index (χ4v) is 15.9. The molecule has 0 spiro atoms. The van der Waals surface area contributed by atoms with E-state index < -0.39 is 97.5 Å². The fraction of sp³-hybridized carbons (Fsp3) is 0.957. The number of phosphoric ester groups is 2. The number of esters is 4. The third kappa shape index (κ3) is 82.9. The van der Waals surface area contributed by atoms with Crippen LogP contribution >= 0.6 is 15.6 Å². The van der Waals surface area contributed by atoms with E-state index in [1.165, 1.54) is 302 Å². The molecule has 0 aliphatic carbocycles. The van der Waals surface area contributed by atoms with Gasteiger partial charge in [0, 0.05) is 25.7 Å². The molecular weight excluding hydrogens is 1440 g/mol. The van der Waals surface area contributed by atoms with E-state index >= 15 is 0 Å². The molecule has 0 aliphatic heterocycles. The number of ether oxygens (including phenoxy) is 4. The van der Waals surface area contributed by atoms with Crippen LogP contribution in [0.5, 0.6) is 0 Å². The predicted octanol–water partition coefficient (Wildman–Crippen LogP) is 28.4. The molecule has 0 radical (unpaired) electrons. The summed E-state index contributed by atoms with van der Waals surface area (Å²) in [7, 11) is -9.94. The van der Waals surface area contributed by atoms with Gasteiger partial charge in [-0.05, 0) is 43.4 Å². The van der Waals surface area contributed by atoms with Crippen LogP contribution in [0.25, 0.3) is 0 Å². The largest absolute Gasteiger partial charge is 0.472 e. The Balaban J connectivity index is 5.25. The van der Waals surface area contributed by atoms with Crippen molar-refractivity contribution in [2.45, 2.75) is 510 Å². The first kappa shape index (κ1) is 109. The van der Waals surface area contributed by atoms with Gasteiger partial charge in [0.15, 0.2) is 12.2 Å². The molecule has 17 nitrogen and oxygen atoms in total. The van der Waals surface area contributed by atoms with Crippen molar-refractivity contribution in [3.8, 4) is 0 Å². The third-order valence-corrected chi connectivity index (χ3v) is 24.3. The Labute approximate surface area is 683 Å². The van der Waals surface area contributed by atoms with E-state index in [1.807, 2.05) is 0 Å². The minimum absolute atomic E-state index is 0.108. The van der Waals surface area contributed by atoms with Gasteiger partial charge in [0.25, 0.3) is 0 Å². The maximum absolute atomic E-state index is 13.2. The zero-order valence-corrected chi connectivity index (χ0v) is 75.2. The first-order valence-electron chi connectivity index (χ1n) is 47.4. The van der Waals surface area contributed by atoms with Crippen molar-refractivity contribution >= 4 is 39.5 Å². The topological polar surface area (TPSA) is 237 Å². The summed E-state index contributed by atoms with van der Waals surface area (Å²) in [6.07, 6.45) is 74.8. The smallest absolute Gasteiger partial charge is 0.462 e. The van der Waals surface area contributed by atoms with Gasteiger partial charge < -0.3 is 33.8 Å². The summed E-state index contributed by atoms with van der Waals surface area (Å²) in [4.78, 5) is 73.5. The molecule has 3 N–H and O–H groups in total. The van der Waals surface area contributed by atoms with Gasteiger partial charge in [-0.15, -0.1) is 0 Å². The molecule has 4 unspecified atom stereocenters. The minimum atomic E-state index is -4.97. The lowest BCUT2D eigenvalue weighted by atomic mass is 9.99. The van der Waals surface area contributed by atoms with Crippen LogP contribution in [0.4, 0.5) is 0 Å². The Kier molecular flexibility index (Phi) is 80.4. The quantitative estimate of drug-likeness (QED) is 0.0222. The lowest BCUT2D eigenvalue weighted by molar-refractivity contribution is -0.161. The Morgan fingerprint density at radius 2 is 0.459 bits per heavy atom. The number of aliphatic hydroxyl groups excluding tert-OH is 1. The van der Waals surface area contributed by atoms with Crippen molar-refractivity contribution in [2.24, 2.45) is 17.8 Å². The molecule has 0 rings (SSSR count). The van der Waals surface area contributed by atoms with Gasteiger partial charge >= 0.3 is 39.5 Å². The number of carbonyl (C=O) groups excluding carboxylic acids is 4. The van der Waals surface area contributed by atoms with Gasteiger partial charge in [0.05, 0.1) is 26.4 Å². The number of carbonyl (C=O) groups is 4. The molecule has 0 bridgehead atoms. The van der Waals surface area contributed by atoms with Gasteiger partial charge in [0.1, 0.15) is 19.3 Å². The normalized spacial score (nSPS) is 14.3. The molecule has 7 atom stereocenters. The molecule has 0 aromatic heterocycles. The van der Waals surface area contributed by atoms with Gasteiger partial charge in [-0.3, -0.25) is 37.3 Å². The second-order valence-electron chi connectivity index (χ2n) is 34.0. The van der Waals surface area contributed by atoms with Gasteiger partial charge in [-0.2, -0.15) is 0 Å². The first-order valence-corrected chi connectivity index (χ1v) is 50.4. The van der Waals surface area contributed by atoms with Crippen LogP contribution in [0.2, 0.25) is 0 Å². The minimum Gasteiger partial charge on any atom is -0.462 e. The van der Waals surface area contributed by atoms with Crippen molar-refractivity contribution in [1.82, 2.24) is 0 Å². The van der Waals surface area contributed by atoms with Gasteiger partial charge in [-0.25, -0.2) is 9.13 Å². The summed E-state index contributed by atoms with van der Waals surface area (Å²) in [5.41, 5.74) is 0. The van der Waals surface area contributed by atoms with Gasteiger partial charge in [0.2, 0.25) is 0 Å². The zero-order valence-electron chi connectivity index (χ0n) is 73.4. The zero-order chi connectivity index (χ0) is 81.5. The molecule has 0 amide bonds. The van der Waals surface area contributed by atoms with Crippen molar-refractivity contribution in [3.05, 3.63) is 0 Å². The van der Waals surface area contributed by atoms with Crippen molar-refractivity contribution < 1.29 is 80.2 Å². The van der Waals surface area contributed by atoms with Crippen molar-refractivity contribution in [3.63, 3.8) is 0 Å². The highest BCUT2D eigenvalue weighted by atomic mass is 31.2. The van der Waals surface area contributed by atoms with Gasteiger partial charge in [-0.1, -0.05) is 440 Å². The Bertz CT molecular complexity index is 2130. The summed E-state index contributed by atoms with van der Waals surface area (Å²) in [5, 5.41) is 10.7. The second-order valence-corrected chi connectivity index (χ2v) is 36.9. The summed E-state index contributed by atoms with van der Waals surface area (Å²) in [6.45, 7) is 12.2. The number of rotatable bonds is 90. The molecule has 0 aliphatic rings. The van der Waals surface area contributed by atoms with Crippen LogP contribution < -0.4 is 0 Å². The maximum atomic E-state index is 13.2. The number of aliphatic hydroxyl groups is 1. The number of unbranched alkanes of at least 4 members (excludes halogenated alkanes) is 56. The number of phosphoric acid groups is 2. The Morgan fingerprint density at radius 1 is 0.261 bits per heavy atom. The molecule has 111 heavy (non-hydrogen) atoms. The maximum Gasteiger partial charge on any atom is 0.472 e. The summed E-state index contributed by atoms with van der Waals surface area (Å²) >= 11 is 0. The Morgan fingerprint density at radius 3 is 0.685 bits per heavy atom. The highest BCUT2D eigenvalue weighted by Gasteiger charge is 2.31. The van der Waals surface area contributed by atoms with E-state index in [2.05, 4.69) is 48.5 Å². The molecule has 660 valence electrons. The fourth-order valence-electron chi connectivity index (χ4n) is 14.4. The van der Waals surface area contributed by atoms with Crippen LogP contribution in [0.1, 0.15) is 492 Å². The average molecular weight is 1620 g/mol. The monoisotopic (exact) mass is 1620 g/mol. The van der Waals surface area contributed by atoms with E-state index in [9.17, 15) is 43.2 Å². The van der Waals surface area contributed by atoms with Crippen molar-refractivity contribution in [2.75, 3.05) is 39.6 Å². The van der Waals surface area contributed by atoms with Crippen LogP contribution in [-0.4, -0.2) is 96.7 Å². The molecular formula is C92H180O17P2. The van der Waals surface area contributed by atoms with E-state index in [0.29, 0.717) is 25.7 Å². The lowest BCUT2D eigenvalue weighted by Crippen LogP contribution is -2.30. The average Bonchev–Trinajstić information content (AvgIpc) is 0.898. The number of hydrogen-bond donors (Lipinski definition) is 3. The number of hydrogen-bond acceptors (Lipinski definition) is 15. The molecule has 0 heterocycles. The molecule has 0 saturated carbocycles. The van der Waals surface area contributed by atoms with E-state index in [0.717, 1.165) is 108 Å². The van der Waals surface area contributed by atoms with Crippen molar-refractivity contribution in [1.29, 1.82) is 0 Å². The molecule has 0 saturated heterocycles. The third-order valence-electron chi connectivity index (χ3n) is 22.4. The second kappa shape index (κ2) is 81.8. The summed E-state index contributed by atoms with van der Waals surface area (Å²) in [6, 6.07) is 0. The molecule has 0 fully saturated rings. The van der Waals surface area contributed by atoms with Crippen LogP contribution in [0.3, 0.4) is 0 Å². The Hall–Kier alpha value is -1.94. The molecule has 19 heteroatoms. The lowest BCUT2D eigenvalue weighted by Gasteiger charge is -2.21. The van der Waals surface area contributed by atoms with Crippen LogP contribution in [0.15, 0.2) is 0 Å².